The van der Waals surface area contributed by atoms with Crippen molar-refractivity contribution in [2.75, 3.05) is 13.7 Å². The van der Waals surface area contributed by atoms with Crippen molar-refractivity contribution in [3.05, 3.63) is 76.9 Å². The highest BCUT2D eigenvalue weighted by molar-refractivity contribution is 7.17. The van der Waals surface area contributed by atoms with E-state index in [0.717, 1.165) is 5.56 Å². The first-order valence-electron chi connectivity index (χ1n) is 8.70. The highest BCUT2D eigenvalue weighted by Gasteiger charge is 2.14. The van der Waals surface area contributed by atoms with Crippen LogP contribution >= 0.6 is 11.3 Å². The Labute approximate surface area is 170 Å². The SMILES string of the molecule is C=CCOc1ccc(/C=N\n2cnc3scc(-c4ccco4)c3c2=O)cc1OC. The first-order chi connectivity index (χ1) is 14.2. The molecule has 29 heavy (non-hydrogen) atoms. The molecule has 3 heterocycles. The van der Waals surface area contributed by atoms with Crippen molar-refractivity contribution < 1.29 is 13.9 Å². The Morgan fingerprint density at radius 2 is 2.24 bits per heavy atom. The number of aromatic nitrogens is 2. The molecule has 0 N–H and O–H groups in total. The fourth-order valence-electron chi connectivity index (χ4n) is 2.78. The second-order valence-electron chi connectivity index (χ2n) is 5.96. The molecule has 0 saturated heterocycles. The molecule has 0 fully saturated rings. The minimum atomic E-state index is -0.267. The molecule has 0 aliphatic carbocycles. The topological polar surface area (TPSA) is 78.9 Å². The van der Waals surface area contributed by atoms with E-state index in [1.165, 1.54) is 22.3 Å². The molecule has 0 atom stereocenters. The van der Waals surface area contributed by atoms with Crippen LogP contribution in [0.1, 0.15) is 5.56 Å². The van der Waals surface area contributed by atoms with Crippen molar-refractivity contribution in [1.29, 1.82) is 0 Å². The van der Waals surface area contributed by atoms with Crippen LogP contribution in [0.15, 0.2) is 75.3 Å². The lowest BCUT2D eigenvalue weighted by Gasteiger charge is -2.09. The molecule has 4 aromatic rings. The Hall–Kier alpha value is -3.65. The van der Waals surface area contributed by atoms with E-state index >= 15 is 0 Å². The first kappa shape index (κ1) is 18.7. The van der Waals surface area contributed by atoms with Gasteiger partial charge in [0, 0.05) is 10.9 Å². The summed E-state index contributed by atoms with van der Waals surface area (Å²) >= 11 is 1.39. The summed E-state index contributed by atoms with van der Waals surface area (Å²) in [6, 6.07) is 8.96. The molecule has 7 nitrogen and oxygen atoms in total. The van der Waals surface area contributed by atoms with Crippen LogP contribution in [-0.4, -0.2) is 29.6 Å². The lowest BCUT2D eigenvalue weighted by atomic mass is 10.2. The van der Waals surface area contributed by atoms with Crippen molar-refractivity contribution in [3.8, 4) is 22.8 Å². The number of ether oxygens (including phenoxy) is 2. The smallest absolute Gasteiger partial charge is 0.283 e. The Kier molecular flexibility index (Phi) is 5.26. The standard InChI is InChI=1S/C21H17N3O4S/c1-3-8-27-17-7-6-14(10-18(17)26-2)11-23-24-13-22-20-19(21(24)25)15(12-29-20)16-5-4-9-28-16/h3-7,9-13H,1,8H2,2H3/b23-11-. The van der Waals surface area contributed by atoms with E-state index in [2.05, 4.69) is 16.7 Å². The van der Waals surface area contributed by atoms with E-state index in [1.54, 1.807) is 43.9 Å². The maximum atomic E-state index is 12.9. The predicted molar refractivity (Wildman–Crippen MR) is 113 cm³/mol. The van der Waals surface area contributed by atoms with Crippen LogP contribution in [-0.2, 0) is 0 Å². The van der Waals surface area contributed by atoms with Crippen molar-refractivity contribution in [1.82, 2.24) is 9.66 Å². The largest absolute Gasteiger partial charge is 0.493 e. The lowest BCUT2D eigenvalue weighted by molar-refractivity contribution is 0.326. The third-order valence-corrected chi connectivity index (χ3v) is 5.03. The van der Waals surface area contributed by atoms with E-state index in [9.17, 15) is 4.79 Å². The highest BCUT2D eigenvalue weighted by Crippen LogP contribution is 2.31. The predicted octanol–water partition coefficient (Wildman–Crippen LogP) is 4.17. The van der Waals surface area contributed by atoms with Gasteiger partial charge in [0.25, 0.3) is 5.56 Å². The van der Waals surface area contributed by atoms with Gasteiger partial charge in [0.1, 0.15) is 23.5 Å². The van der Waals surface area contributed by atoms with E-state index in [1.807, 2.05) is 17.5 Å². The summed E-state index contributed by atoms with van der Waals surface area (Å²) < 4.78 is 17.5. The third-order valence-electron chi connectivity index (χ3n) is 4.14. The molecule has 0 bridgehead atoms. The molecule has 146 valence electrons. The van der Waals surface area contributed by atoms with Crippen LogP contribution in [0.25, 0.3) is 21.5 Å². The van der Waals surface area contributed by atoms with E-state index < -0.39 is 0 Å². The molecule has 0 aliphatic heterocycles. The Bertz CT molecular complexity index is 1240. The lowest BCUT2D eigenvalue weighted by Crippen LogP contribution is -2.16. The molecule has 4 rings (SSSR count). The summed E-state index contributed by atoms with van der Waals surface area (Å²) in [5.41, 5.74) is 1.19. The van der Waals surface area contributed by atoms with Gasteiger partial charge in [-0.15, -0.1) is 11.3 Å². The van der Waals surface area contributed by atoms with Gasteiger partial charge >= 0.3 is 0 Å². The van der Waals surface area contributed by atoms with Crippen LogP contribution in [0.4, 0.5) is 0 Å². The number of rotatable bonds is 7. The van der Waals surface area contributed by atoms with Gasteiger partial charge in [-0.25, -0.2) is 4.98 Å². The number of nitrogens with zero attached hydrogens (tertiary/aromatic N) is 3. The van der Waals surface area contributed by atoms with Gasteiger partial charge in [0.2, 0.25) is 0 Å². The number of furan rings is 1. The van der Waals surface area contributed by atoms with Gasteiger partial charge in [0.15, 0.2) is 11.5 Å². The van der Waals surface area contributed by atoms with Gasteiger partial charge in [-0.2, -0.15) is 9.78 Å². The molecule has 1 aromatic carbocycles. The molecule has 0 unspecified atom stereocenters. The number of benzene rings is 1. The maximum Gasteiger partial charge on any atom is 0.283 e. The van der Waals surface area contributed by atoms with Crippen molar-refractivity contribution in [2.24, 2.45) is 5.10 Å². The van der Waals surface area contributed by atoms with Crippen molar-refractivity contribution in [3.63, 3.8) is 0 Å². The molecule has 0 spiro atoms. The van der Waals surface area contributed by atoms with Crippen LogP contribution in [0.5, 0.6) is 11.5 Å². The molecule has 0 aliphatic rings. The molecule has 8 heteroatoms. The summed E-state index contributed by atoms with van der Waals surface area (Å²) in [6.45, 7) is 4.01. The van der Waals surface area contributed by atoms with Crippen LogP contribution in [0.3, 0.4) is 0 Å². The maximum absolute atomic E-state index is 12.9. The minimum Gasteiger partial charge on any atom is -0.493 e. The van der Waals surface area contributed by atoms with Gasteiger partial charge in [-0.3, -0.25) is 4.79 Å². The summed E-state index contributed by atoms with van der Waals surface area (Å²) in [7, 11) is 1.56. The van der Waals surface area contributed by atoms with Gasteiger partial charge in [0.05, 0.1) is 25.0 Å². The normalized spacial score (nSPS) is 11.2. The zero-order valence-corrected chi connectivity index (χ0v) is 16.4. The van der Waals surface area contributed by atoms with Crippen molar-refractivity contribution in [2.45, 2.75) is 0 Å². The summed E-state index contributed by atoms with van der Waals surface area (Å²) in [6.07, 6.45) is 6.20. The molecule has 0 amide bonds. The van der Waals surface area contributed by atoms with E-state index in [4.69, 9.17) is 13.9 Å². The van der Waals surface area contributed by atoms with Gasteiger partial charge in [-0.05, 0) is 35.9 Å². The summed E-state index contributed by atoms with van der Waals surface area (Å²) in [5.74, 6) is 1.79. The molecular weight excluding hydrogens is 390 g/mol. The molecule has 0 radical (unpaired) electrons. The number of thiophene rings is 1. The van der Waals surface area contributed by atoms with Gasteiger partial charge < -0.3 is 13.9 Å². The molecule has 3 aromatic heterocycles. The summed E-state index contributed by atoms with van der Waals surface area (Å²) in [5, 5.41) is 6.62. The first-order valence-corrected chi connectivity index (χ1v) is 9.58. The van der Waals surface area contributed by atoms with Crippen LogP contribution in [0, 0.1) is 0 Å². The second kappa shape index (κ2) is 8.15. The summed E-state index contributed by atoms with van der Waals surface area (Å²) in [4.78, 5) is 17.9. The van der Waals surface area contributed by atoms with E-state index in [-0.39, 0.29) is 5.56 Å². The quantitative estimate of drug-likeness (QED) is 0.339. The van der Waals surface area contributed by atoms with Crippen LogP contribution < -0.4 is 15.0 Å². The van der Waals surface area contributed by atoms with Gasteiger partial charge in [-0.1, -0.05) is 12.7 Å². The molecular formula is C21H17N3O4S. The van der Waals surface area contributed by atoms with E-state index in [0.29, 0.717) is 39.6 Å². The Morgan fingerprint density at radius 3 is 3.00 bits per heavy atom. The Morgan fingerprint density at radius 1 is 1.34 bits per heavy atom. The zero-order valence-electron chi connectivity index (χ0n) is 15.6. The Balaban J connectivity index is 1.68. The van der Waals surface area contributed by atoms with Crippen molar-refractivity contribution >= 4 is 27.8 Å². The monoisotopic (exact) mass is 407 g/mol. The number of fused-ring (bicyclic) bond motifs is 1. The number of hydrogen-bond donors (Lipinski definition) is 0. The number of methoxy groups -OCH3 is 1. The fraction of sp³-hybridized carbons (Fsp3) is 0.0952. The fourth-order valence-corrected chi connectivity index (χ4v) is 3.67. The second-order valence-corrected chi connectivity index (χ2v) is 6.81. The average molecular weight is 407 g/mol. The minimum absolute atomic E-state index is 0.267. The average Bonchev–Trinajstić information content (AvgIpc) is 3.42. The van der Waals surface area contributed by atoms with Crippen LogP contribution in [0.2, 0.25) is 0 Å². The third kappa shape index (κ3) is 3.70. The molecule has 0 saturated carbocycles. The zero-order chi connectivity index (χ0) is 20.2. The highest BCUT2D eigenvalue weighted by atomic mass is 32.1. The number of hydrogen-bond acceptors (Lipinski definition) is 7.